The van der Waals surface area contributed by atoms with Crippen LogP contribution in [0.15, 0.2) is 48.5 Å². The third-order valence-corrected chi connectivity index (χ3v) is 6.46. The fourth-order valence-corrected chi connectivity index (χ4v) is 5.21. The second kappa shape index (κ2) is 9.35. The van der Waals surface area contributed by atoms with Crippen molar-refractivity contribution in [1.82, 2.24) is 10.2 Å². The first-order chi connectivity index (χ1) is 14.5. The molecule has 0 amide bonds. The summed E-state index contributed by atoms with van der Waals surface area (Å²) in [5.74, 6) is 0. The summed E-state index contributed by atoms with van der Waals surface area (Å²) < 4.78 is 0. The molecule has 6 heteroatoms. The Balaban J connectivity index is 1.89. The minimum Gasteiger partial charge on any atom is -0.378 e. The van der Waals surface area contributed by atoms with Gasteiger partial charge < -0.3 is 20.4 Å². The zero-order valence-electron chi connectivity index (χ0n) is 19.5. The van der Waals surface area contributed by atoms with Crippen molar-refractivity contribution in [1.29, 1.82) is 0 Å². The van der Waals surface area contributed by atoms with Crippen molar-refractivity contribution in [3.05, 3.63) is 59.1 Å². The maximum absolute atomic E-state index is 6.40. The molecule has 168 valence electrons. The Kier molecular flexibility index (Phi) is 7.19. The average Bonchev–Trinajstić information content (AvgIpc) is 2.65. The maximum Gasteiger partial charge on any atom is 0.174 e. The van der Waals surface area contributed by atoms with E-state index in [-0.39, 0.29) is 11.1 Å². The van der Waals surface area contributed by atoms with Gasteiger partial charge in [0, 0.05) is 43.4 Å². The summed E-state index contributed by atoms with van der Waals surface area (Å²) in [6.07, 6.45) is 2.02. The quantitative estimate of drug-likeness (QED) is 0.543. The number of rotatable bonds is 5. The minimum absolute atomic E-state index is 0.0272. The van der Waals surface area contributed by atoms with Crippen LogP contribution in [0.4, 0.5) is 11.4 Å². The zero-order chi connectivity index (χ0) is 22.8. The first-order valence-electron chi connectivity index (χ1n) is 10.8. The van der Waals surface area contributed by atoms with Crippen LogP contribution in [0, 0.1) is 0 Å². The molecule has 0 aromatic heterocycles. The Bertz CT molecular complexity index is 892. The van der Waals surface area contributed by atoms with Gasteiger partial charge in [0.05, 0.1) is 10.7 Å². The largest absolute Gasteiger partial charge is 0.378 e. The predicted octanol–water partition coefficient (Wildman–Crippen LogP) is 5.91. The van der Waals surface area contributed by atoms with E-state index in [1.54, 1.807) is 0 Å². The zero-order valence-corrected chi connectivity index (χ0v) is 21.1. The molecule has 0 atom stereocenters. The van der Waals surface area contributed by atoms with Crippen LogP contribution >= 0.6 is 23.8 Å². The molecule has 3 rings (SSSR count). The van der Waals surface area contributed by atoms with Crippen molar-refractivity contribution in [3.8, 4) is 0 Å². The van der Waals surface area contributed by atoms with E-state index in [4.69, 9.17) is 23.8 Å². The second-order valence-electron chi connectivity index (χ2n) is 10.1. The van der Waals surface area contributed by atoms with Crippen LogP contribution in [-0.4, -0.2) is 41.2 Å². The van der Waals surface area contributed by atoms with E-state index >= 15 is 0 Å². The van der Waals surface area contributed by atoms with Crippen molar-refractivity contribution in [3.63, 3.8) is 0 Å². The van der Waals surface area contributed by atoms with Gasteiger partial charge in [-0.1, -0.05) is 35.9 Å². The van der Waals surface area contributed by atoms with Crippen molar-refractivity contribution < 1.29 is 0 Å². The van der Waals surface area contributed by atoms with Crippen molar-refractivity contribution in [2.24, 2.45) is 0 Å². The Morgan fingerprint density at radius 2 is 1.61 bits per heavy atom. The SMILES string of the molecule is CN(C)c1ccc(CN(C(=S)Nc2ccccc2Cl)C2CC(C)(C)NC(C)(C)C2)cc1. The summed E-state index contributed by atoms with van der Waals surface area (Å²) in [6, 6.07) is 16.8. The normalized spacial score (nSPS) is 17.8. The molecule has 0 spiro atoms. The van der Waals surface area contributed by atoms with E-state index in [9.17, 15) is 0 Å². The summed E-state index contributed by atoms with van der Waals surface area (Å²) in [5, 5.41) is 8.57. The van der Waals surface area contributed by atoms with E-state index < -0.39 is 0 Å². The number of para-hydroxylation sites is 1. The van der Waals surface area contributed by atoms with Crippen LogP contribution in [0.2, 0.25) is 5.02 Å². The lowest BCUT2D eigenvalue weighted by atomic mass is 9.79. The van der Waals surface area contributed by atoms with Crippen molar-refractivity contribution in [2.45, 2.75) is 64.2 Å². The van der Waals surface area contributed by atoms with Crippen LogP contribution in [0.25, 0.3) is 0 Å². The highest BCUT2D eigenvalue weighted by molar-refractivity contribution is 7.80. The molecule has 4 nitrogen and oxygen atoms in total. The van der Waals surface area contributed by atoms with E-state index in [1.165, 1.54) is 11.3 Å². The first-order valence-corrected chi connectivity index (χ1v) is 11.6. The summed E-state index contributed by atoms with van der Waals surface area (Å²) in [7, 11) is 4.12. The monoisotopic (exact) mass is 458 g/mol. The summed E-state index contributed by atoms with van der Waals surface area (Å²) in [4.78, 5) is 4.46. The number of thiocarbonyl (C=S) groups is 1. The highest BCUT2D eigenvalue weighted by Crippen LogP contribution is 2.33. The second-order valence-corrected chi connectivity index (χ2v) is 10.8. The van der Waals surface area contributed by atoms with Crippen LogP contribution in [0.5, 0.6) is 0 Å². The number of nitrogens with zero attached hydrogens (tertiary/aromatic N) is 2. The topological polar surface area (TPSA) is 30.5 Å². The fraction of sp³-hybridized carbons (Fsp3) is 0.480. The molecule has 2 aromatic carbocycles. The van der Waals surface area contributed by atoms with Crippen LogP contribution in [-0.2, 0) is 6.54 Å². The first kappa shape index (κ1) is 23.8. The highest BCUT2D eigenvalue weighted by Gasteiger charge is 2.40. The van der Waals surface area contributed by atoms with Crippen LogP contribution in [0.3, 0.4) is 0 Å². The van der Waals surface area contributed by atoms with Gasteiger partial charge in [0.15, 0.2) is 5.11 Å². The third kappa shape index (κ3) is 6.34. The molecule has 1 heterocycles. The number of hydrogen-bond acceptors (Lipinski definition) is 3. The van der Waals surface area contributed by atoms with Crippen molar-refractivity contribution >= 4 is 40.3 Å². The van der Waals surface area contributed by atoms with Gasteiger partial charge in [-0.25, -0.2) is 0 Å². The highest BCUT2D eigenvalue weighted by atomic mass is 35.5. The van der Waals surface area contributed by atoms with Gasteiger partial charge in [0.25, 0.3) is 0 Å². The molecule has 1 aliphatic rings. The van der Waals surface area contributed by atoms with Gasteiger partial charge in [0.1, 0.15) is 0 Å². The maximum atomic E-state index is 6.40. The Morgan fingerprint density at radius 3 is 2.16 bits per heavy atom. The van der Waals surface area contributed by atoms with E-state index in [0.717, 1.165) is 25.1 Å². The number of benzene rings is 2. The molecule has 0 radical (unpaired) electrons. The molecule has 2 N–H and O–H groups in total. The standard InChI is InChI=1S/C25H35ClN4S/c1-24(2)15-20(16-25(3,4)28-24)30(17-18-11-13-19(14-12-18)29(5)6)23(31)27-22-10-8-7-9-21(22)26/h7-14,20,28H,15-17H2,1-6H3,(H,27,31). The number of halogens is 1. The summed E-state index contributed by atoms with van der Waals surface area (Å²) in [5.41, 5.74) is 3.33. The lowest BCUT2D eigenvalue weighted by Gasteiger charge is -2.50. The molecule has 31 heavy (non-hydrogen) atoms. The predicted molar refractivity (Wildman–Crippen MR) is 138 cm³/mol. The third-order valence-electron chi connectivity index (χ3n) is 5.79. The molecular formula is C25H35ClN4S. The molecule has 1 fully saturated rings. The van der Waals surface area contributed by atoms with Gasteiger partial charge in [0.2, 0.25) is 0 Å². The number of piperidine rings is 1. The van der Waals surface area contributed by atoms with Gasteiger partial charge in [-0.2, -0.15) is 0 Å². The molecular weight excluding hydrogens is 424 g/mol. The molecule has 0 saturated carbocycles. The molecule has 0 unspecified atom stereocenters. The average molecular weight is 459 g/mol. The number of hydrogen-bond donors (Lipinski definition) is 2. The summed E-state index contributed by atoms with van der Waals surface area (Å²) in [6.45, 7) is 9.84. The summed E-state index contributed by atoms with van der Waals surface area (Å²) >= 11 is 12.3. The lowest BCUT2D eigenvalue weighted by molar-refractivity contribution is 0.101. The van der Waals surface area contributed by atoms with E-state index in [1.807, 2.05) is 24.3 Å². The Morgan fingerprint density at radius 1 is 1.03 bits per heavy atom. The van der Waals surface area contributed by atoms with Crippen LogP contribution in [0.1, 0.15) is 46.1 Å². The van der Waals surface area contributed by atoms with Crippen LogP contribution < -0.4 is 15.5 Å². The molecule has 0 bridgehead atoms. The minimum atomic E-state index is 0.0272. The molecule has 2 aromatic rings. The number of nitrogens with one attached hydrogen (secondary N) is 2. The van der Waals surface area contributed by atoms with E-state index in [2.05, 4.69) is 86.5 Å². The van der Waals surface area contributed by atoms with Gasteiger partial charge >= 0.3 is 0 Å². The van der Waals surface area contributed by atoms with Gasteiger partial charge in [-0.15, -0.1) is 0 Å². The Labute approximate surface area is 198 Å². The lowest BCUT2D eigenvalue weighted by Crippen LogP contribution is -2.63. The Hall–Kier alpha value is -1.82. The fourth-order valence-electron chi connectivity index (χ4n) is 4.70. The van der Waals surface area contributed by atoms with E-state index in [0.29, 0.717) is 16.2 Å². The number of anilines is 2. The molecule has 1 saturated heterocycles. The van der Waals surface area contributed by atoms with Gasteiger partial charge in [-0.05, 0) is 82.6 Å². The van der Waals surface area contributed by atoms with Crippen molar-refractivity contribution in [2.75, 3.05) is 24.3 Å². The van der Waals surface area contributed by atoms with Gasteiger partial charge in [-0.3, -0.25) is 0 Å². The smallest absolute Gasteiger partial charge is 0.174 e. The molecule has 0 aliphatic carbocycles. The molecule has 1 aliphatic heterocycles.